The van der Waals surface area contributed by atoms with E-state index in [0.717, 1.165) is 24.1 Å². The van der Waals surface area contributed by atoms with Crippen LogP contribution in [0.15, 0.2) is 41.9 Å². The predicted molar refractivity (Wildman–Crippen MR) is 80.7 cm³/mol. The lowest BCUT2D eigenvalue weighted by atomic mass is 9.99. The molecule has 5 nitrogen and oxygen atoms in total. The first-order valence-corrected chi connectivity index (χ1v) is 6.74. The summed E-state index contributed by atoms with van der Waals surface area (Å²) in [6.45, 7) is 6.01. The quantitative estimate of drug-likeness (QED) is 0.472. The molecule has 2 rings (SSSR count). The van der Waals surface area contributed by atoms with Crippen LogP contribution in [0, 0.1) is 0 Å². The van der Waals surface area contributed by atoms with Crippen LogP contribution in [0.3, 0.4) is 0 Å². The van der Waals surface area contributed by atoms with E-state index in [9.17, 15) is 4.79 Å². The van der Waals surface area contributed by atoms with Gasteiger partial charge >= 0.3 is 0 Å². The van der Waals surface area contributed by atoms with E-state index in [1.54, 1.807) is 6.08 Å². The van der Waals surface area contributed by atoms with Crippen molar-refractivity contribution in [2.45, 2.75) is 6.42 Å². The van der Waals surface area contributed by atoms with Gasteiger partial charge < -0.3 is 16.0 Å². The Labute approximate surface area is 119 Å². The second-order valence-electron chi connectivity index (χ2n) is 4.64. The van der Waals surface area contributed by atoms with Crippen LogP contribution in [0.5, 0.6) is 0 Å². The van der Waals surface area contributed by atoms with E-state index in [4.69, 9.17) is 5.73 Å². The Morgan fingerprint density at radius 3 is 3.10 bits per heavy atom. The molecule has 0 spiro atoms. The molecule has 0 aliphatic carbocycles. The average molecular weight is 272 g/mol. The van der Waals surface area contributed by atoms with Gasteiger partial charge in [0.25, 0.3) is 5.91 Å². The molecule has 1 aromatic rings. The Kier molecular flexibility index (Phi) is 4.76. The number of nitrogens with two attached hydrogens (primary N) is 1. The monoisotopic (exact) mass is 272 g/mol. The van der Waals surface area contributed by atoms with Crippen molar-refractivity contribution >= 4 is 11.9 Å². The van der Waals surface area contributed by atoms with E-state index >= 15 is 0 Å². The summed E-state index contributed by atoms with van der Waals surface area (Å²) in [5.74, 6) is 0.467. The first-order valence-electron chi connectivity index (χ1n) is 6.74. The minimum Gasteiger partial charge on any atom is -0.370 e. The van der Waals surface area contributed by atoms with Crippen LogP contribution in [0.4, 0.5) is 0 Å². The zero-order valence-electron chi connectivity index (χ0n) is 11.5. The van der Waals surface area contributed by atoms with Crippen molar-refractivity contribution in [3.05, 3.63) is 48.0 Å². The summed E-state index contributed by atoms with van der Waals surface area (Å²) >= 11 is 0. The van der Waals surface area contributed by atoms with Crippen LogP contribution in [0.2, 0.25) is 0 Å². The van der Waals surface area contributed by atoms with Crippen LogP contribution in [0.1, 0.15) is 15.9 Å². The number of nitrogens with zero attached hydrogens (tertiary/aromatic N) is 2. The Balaban J connectivity index is 1.89. The Hall–Kier alpha value is -2.30. The van der Waals surface area contributed by atoms with E-state index in [-0.39, 0.29) is 5.91 Å². The van der Waals surface area contributed by atoms with E-state index in [2.05, 4.69) is 16.9 Å². The standard InChI is InChI=1S/C15H20N4O/c1-2-8-17-15(16)18-9-11-19-10-7-12-5-3-4-6-13(12)14(19)20/h2-6H,1,7-11H2,(H3,16,17,18). The molecule has 1 aromatic carbocycles. The summed E-state index contributed by atoms with van der Waals surface area (Å²) in [7, 11) is 0. The fraction of sp³-hybridized carbons (Fsp3) is 0.333. The largest absolute Gasteiger partial charge is 0.370 e. The Morgan fingerprint density at radius 2 is 2.30 bits per heavy atom. The number of rotatable bonds is 5. The van der Waals surface area contributed by atoms with Gasteiger partial charge in [-0.25, -0.2) is 0 Å². The lowest BCUT2D eigenvalue weighted by molar-refractivity contribution is 0.0745. The predicted octanol–water partition coefficient (Wildman–Crippen LogP) is 0.775. The molecular weight excluding hydrogens is 252 g/mol. The first kappa shape index (κ1) is 14.1. The lowest BCUT2D eigenvalue weighted by Crippen LogP contribution is -2.39. The molecule has 0 saturated carbocycles. The molecule has 0 saturated heterocycles. The number of hydrogen-bond donors (Lipinski definition) is 2. The zero-order valence-corrected chi connectivity index (χ0v) is 11.5. The van der Waals surface area contributed by atoms with Crippen molar-refractivity contribution in [3.63, 3.8) is 0 Å². The van der Waals surface area contributed by atoms with Crippen molar-refractivity contribution in [1.29, 1.82) is 0 Å². The fourth-order valence-electron chi connectivity index (χ4n) is 2.21. The van der Waals surface area contributed by atoms with Gasteiger partial charge in [-0.15, -0.1) is 6.58 Å². The molecule has 0 bridgehead atoms. The third-order valence-corrected chi connectivity index (χ3v) is 3.27. The van der Waals surface area contributed by atoms with E-state index in [0.29, 0.717) is 25.6 Å². The minimum atomic E-state index is 0.0830. The van der Waals surface area contributed by atoms with Crippen molar-refractivity contribution in [3.8, 4) is 0 Å². The molecule has 0 radical (unpaired) electrons. The van der Waals surface area contributed by atoms with Crippen LogP contribution in [-0.2, 0) is 6.42 Å². The number of guanidine groups is 1. The SMILES string of the molecule is C=CCNC(N)=NCCN1CCc2ccccc2C1=O. The summed E-state index contributed by atoms with van der Waals surface area (Å²) < 4.78 is 0. The summed E-state index contributed by atoms with van der Waals surface area (Å²) in [6, 6.07) is 7.76. The van der Waals surface area contributed by atoms with Gasteiger partial charge in [0.2, 0.25) is 0 Å². The van der Waals surface area contributed by atoms with Crippen LogP contribution in [0.25, 0.3) is 0 Å². The number of carbonyl (C=O) groups excluding carboxylic acids is 1. The van der Waals surface area contributed by atoms with Crippen LogP contribution < -0.4 is 11.1 Å². The summed E-state index contributed by atoms with van der Waals surface area (Å²) in [5, 5.41) is 2.90. The van der Waals surface area contributed by atoms with Gasteiger partial charge in [-0.2, -0.15) is 0 Å². The summed E-state index contributed by atoms with van der Waals surface area (Å²) in [6.07, 6.45) is 2.61. The Morgan fingerprint density at radius 1 is 1.50 bits per heavy atom. The van der Waals surface area contributed by atoms with Gasteiger partial charge in [-0.1, -0.05) is 24.3 Å². The molecule has 0 fully saturated rings. The highest BCUT2D eigenvalue weighted by Crippen LogP contribution is 2.18. The van der Waals surface area contributed by atoms with Gasteiger partial charge in [0.1, 0.15) is 0 Å². The highest BCUT2D eigenvalue weighted by molar-refractivity contribution is 5.96. The molecule has 106 valence electrons. The Bertz CT molecular complexity index is 524. The van der Waals surface area contributed by atoms with Crippen molar-refractivity contribution in [2.24, 2.45) is 10.7 Å². The van der Waals surface area contributed by atoms with Gasteiger partial charge in [0, 0.05) is 25.2 Å². The van der Waals surface area contributed by atoms with E-state index in [1.807, 2.05) is 29.2 Å². The maximum atomic E-state index is 12.3. The van der Waals surface area contributed by atoms with Gasteiger partial charge in [0.05, 0.1) is 6.54 Å². The second kappa shape index (κ2) is 6.75. The third-order valence-electron chi connectivity index (χ3n) is 3.27. The number of aliphatic imine (C=N–C) groups is 1. The first-order chi connectivity index (χ1) is 9.72. The van der Waals surface area contributed by atoms with Crippen LogP contribution in [-0.4, -0.2) is 42.9 Å². The lowest BCUT2D eigenvalue weighted by Gasteiger charge is -2.28. The molecule has 20 heavy (non-hydrogen) atoms. The molecule has 1 heterocycles. The van der Waals surface area contributed by atoms with Gasteiger partial charge in [0.15, 0.2) is 5.96 Å². The zero-order chi connectivity index (χ0) is 14.4. The minimum absolute atomic E-state index is 0.0830. The molecule has 1 amide bonds. The number of benzene rings is 1. The number of amides is 1. The second-order valence-corrected chi connectivity index (χ2v) is 4.64. The molecular formula is C15H20N4O. The number of hydrogen-bond acceptors (Lipinski definition) is 2. The molecule has 1 aliphatic heterocycles. The van der Waals surface area contributed by atoms with Crippen LogP contribution >= 0.6 is 0 Å². The summed E-state index contributed by atoms with van der Waals surface area (Å²) in [4.78, 5) is 18.3. The maximum Gasteiger partial charge on any atom is 0.254 e. The highest BCUT2D eigenvalue weighted by atomic mass is 16.2. The van der Waals surface area contributed by atoms with Crippen molar-refractivity contribution in [2.75, 3.05) is 26.2 Å². The normalized spacial score (nSPS) is 14.9. The smallest absolute Gasteiger partial charge is 0.254 e. The molecule has 5 heteroatoms. The number of fused-ring (bicyclic) bond motifs is 1. The van der Waals surface area contributed by atoms with E-state index in [1.165, 1.54) is 0 Å². The van der Waals surface area contributed by atoms with E-state index < -0.39 is 0 Å². The molecule has 0 unspecified atom stereocenters. The van der Waals surface area contributed by atoms with Crippen molar-refractivity contribution < 1.29 is 4.79 Å². The number of nitrogens with one attached hydrogen (secondary N) is 1. The molecule has 3 N–H and O–H groups in total. The molecule has 1 aliphatic rings. The summed E-state index contributed by atoms with van der Waals surface area (Å²) in [5.41, 5.74) is 7.61. The molecule has 0 aromatic heterocycles. The average Bonchev–Trinajstić information content (AvgIpc) is 2.48. The van der Waals surface area contributed by atoms with Gasteiger partial charge in [-0.05, 0) is 18.1 Å². The van der Waals surface area contributed by atoms with Crippen molar-refractivity contribution in [1.82, 2.24) is 10.2 Å². The fourth-order valence-corrected chi connectivity index (χ4v) is 2.21. The topological polar surface area (TPSA) is 70.7 Å². The number of carbonyl (C=O) groups is 1. The highest BCUT2D eigenvalue weighted by Gasteiger charge is 2.22. The van der Waals surface area contributed by atoms with Gasteiger partial charge in [-0.3, -0.25) is 9.79 Å². The maximum absolute atomic E-state index is 12.3. The molecule has 0 atom stereocenters. The third kappa shape index (κ3) is 3.38.